The summed E-state index contributed by atoms with van der Waals surface area (Å²) in [6, 6.07) is 5.51. The van der Waals surface area contributed by atoms with Crippen LogP contribution in [0.5, 0.6) is 0 Å². The highest BCUT2D eigenvalue weighted by Crippen LogP contribution is 2.25. The maximum absolute atomic E-state index is 12.1. The summed E-state index contributed by atoms with van der Waals surface area (Å²) in [6.45, 7) is 0. The largest absolute Gasteiger partial charge is 0.319 e. The molecule has 0 saturated carbocycles. The molecule has 0 aliphatic rings. The Morgan fingerprint density at radius 1 is 1.25 bits per heavy atom. The standard InChI is InChI=1S/C8H8BrF2N/c9-6-4-2-1-3-5(6)7(12)8(10)11/h1-4,7-8H,12H2. The monoisotopic (exact) mass is 235 g/mol. The van der Waals surface area contributed by atoms with Gasteiger partial charge in [-0.1, -0.05) is 34.1 Å². The molecule has 0 aliphatic carbocycles. The summed E-state index contributed by atoms with van der Waals surface area (Å²) < 4.78 is 24.9. The second-order valence-corrected chi connectivity index (χ2v) is 3.24. The second-order valence-electron chi connectivity index (χ2n) is 2.38. The quantitative estimate of drug-likeness (QED) is 0.839. The van der Waals surface area contributed by atoms with Crippen LogP contribution in [0.3, 0.4) is 0 Å². The van der Waals surface area contributed by atoms with Crippen molar-refractivity contribution in [3.05, 3.63) is 34.3 Å². The summed E-state index contributed by atoms with van der Waals surface area (Å²) >= 11 is 3.15. The van der Waals surface area contributed by atoms with E-state index in [0.29, 0.717) is 10.0 Å². The average Bonchev–Trinajstić information content (AvgIpc) is 2.04. The van der Waals surface area contributed by atoms with E-state index in [9.17, 15) is 8.78 Å². The number of rotatable bonds is 2. The summed E-state index contributed by atoms with van der Waals surface area (Å²) in [5, 5.41) is 0. The van der Waals surface area contributed by atoms with E-state index in [1.54, 1.807) is 24.3 Å². The van der Waals surface area contributed by atoms with Gasteiger partial charge in [0.2, 0.25) is 0 Å². The number of hydrogen-bond acceptors (Lipinski definition) is 1. The van der Waals surface area contributed by atoms with Gasteiger partial charge < -0.3 is 5.73 Å². The molecule has 1 nitrogen and oxygen atoms in total. The molecule has 0 saturated heterocycles. The summed E-state index contributed by atoms with van der Waals surface area (Å²) in [5.74, 6) is 0. The van der Waals surface area contributed by atoms with Gasteiger partial charge in [0.25, 0.3) is 6.43 Å². The first-order valence-corrected chi connectivity index (χ1v) is 4.20. The van der Waals surface area contributed by atoms with Crippen LogP contribution in [0.1, 0.15) is 11.6 Å². The lowest BCUT2D eigenvalue weighted by Crippen LogP contribution is -2.19. The van der Waals surface area contributed by atoms with Crippen LogP contribution in [0.15, 0.2) is 28.7 Å². The molecular formula is C8H8BrF2N. The lowest BCUT2D eigenvalue weighted by Gasteiger charge is -2.11. The van der Waals surface area contributed by atoms with Crippen molar-refractivity contribution >= 4 is 15.9 Å². The number of alkyl halides is 2. The van der Waals surface area contributed by atoms with E-state index in [1.165, 1.54) is 0 Å². The van der Waals surface area contributed by atoms with Crippen LogP contribution < -0.4 is 5.73 Å². The average molecular weight is 236 g/mol. The van der Waals surface area contributed by atoms with Crippen molar-refractivity contribution in [1.82, 2.24) is 0 Å². The van der Waals surface area contributed by atoms with Crippen LogP contribution in [-0.2, 0) is 0 Å². The molecule has 0 fully saturated rings. The van der Waals surface area contributed by atoms with Gasteiger partial charge in [-0.3, -0.25) is 0 Å². The van der Waals surface area contributed by atoms with Crippen LogP contribution in [0.2, 0.25) is 0 Å². The normalized spacial score (nSPS) is 13.4. The van der Waals surface area contributed by atoms with Crippen molar-refractivity contribution in [2.75, 3.05) is 0 Å². The first-order chi connectivity index (χ1) is 5.63. The minimum atomic E-state index is -2.52. The molecule has 12 heavy (non-hydrogen) atoms. The Morgan fingerprint density at radius 3 is 2.33 bits per heavy atom. The van der Waals surface area contributed by atoms with Gasteiger partial charge in [-0.25, -0.2) is 8.78 Å². The van der Waals surface area contributed by atoms with Crippen molar-refractivity contribution in [2.24, 2.45) is 5.73 Å². The molecule has 0 spiro atoms. The Hall–Kier alpha value is -0.480. The highest BCUT2D eigenvalue weighted by atomic mass is 79.9. The van der Waals surface area contributed by atoms with E-state index >= 15 is 0 Å². The lowest BCUT2D eigenvalue weighted by atomic mass is 10.1. The summed E-state index contributed by atoms with van der Waals surface area (Å²) in [4.78, 5) is 0. The number of hydrogen-bond donors (Lipinski definition) is 1. The molecule has 0 heterocycles. The van der Waals surface area contributed by atoms with Gasteiger partial charge in [0.05, 0.1) is 6.04 Å². The van der Waals surface area contributed by atoms with Crippen LogP contribution in [0.25, 0.3) is 0 Å². The lowest BCUT2D eigenvalue weighted by molar-refractivity contribution is 0.116. The Balaban J connectivity index is 2.94. The number of benzene rings is 1. The fourth-order valence-corrected chi connectivity index (χ4v) is 1.43. The molecule has 1 aromatic carbocycles. The van der Waals surface area contributed by atoms with Crippen LogP contribution in [0, 0.1) is 0 Å². The topological polar surface area (TPSA) is 26.0 Å². The maximum atomic E-state index is 12.1. The Kier molecular flexibility index (Phi) is 3.17. The van der Waals surface area contributed by atoms with Gasteiger partial charge in [-0.05, 0) is 11.6 Å². The zero-order valence-electron chi connectivity index (χ0n) is 6.18. The van der Waals surface area contributed by atoms with E-state index < -0.39 is 12.5 Å². The van der Waals surface area contributed by atoms with E-state index in [4.69, 9.17) is 5.73 Å². The van der Waals surface area contributed by atoms with Crippen LogP contribution >= 0.6 is 15.9 Å². The van der Waals surface area contributed by atoms with Crippen molar-refractivity contribution in [3.8, 4) is 0 Å². The summed E-state index contributed by atoms with van der Waals surface area (Å²) in [5.41, 5.74) is 5.70. The smallest absolute Gasteiger partial charge is 0.257 e. The Labute approximate surface area is 77.7 Å². The van der Waals surface area contributed by atoms with Crippen LogP contribution in [-0.4, -0.2) is 6.43 Å². The van der Waals surface area contributed by atoms with Crippen LogP contribution in [0.4, 0.5) is 8.78 Å². The minimum absolute atomic E-state index is 0.438. The van der Waals surface area contributed by atoms with Crippen molar-refractivity contribution < 1.29 is 8.78 Å². The van der Waals surface area contributed by atoms with Crippen molar-refractivity contribution in [1.29, 1.82) is 0 Å². The van der Waals surface area contributed by atoms with Crippen molar-refractivity contribution in [2.45, 2.75) is 12.5 Å². The fraction of sp³-hybridized carbons (Fsp3) is 0.250. The van der Waals surface area contributed by atoms with Gasteiger partial charge in [0.15, 0.2) is 0 Å². The molecule has 0 aliphatic heterocycles. The third-order valence-electron chi connectivity index (χ3n) is 1.54. The number of halogens is 3. The molecule has 1 unspecified atom stereocenters. The molecule has 4 heteroatoms. The predicted octanol–water partition coefficient (Wildman–Crippen LogP) is 2.71. The van der Waals surface area contributed by atoms with Crippen molar-refractivity contribution in [3.63, 3.8) is 0 Å². The minimum Gasteiger partial charge on any atom is -0.319 e. The second kappa shape index (κ2) is 3.96. The predicted molar refractivity (Wildman–Crippen MR) is 47.1 cm³/mol. The van der Waals surface area contributed by atoms with Gasteiger partial charge in [-0.2, -0.15) is 0 Å². The molecule has 0 amide bonds. The first kappa shape index (κ1) is 9.61. The Morgan fingerprint density at radius 2 is 1.83 bits per heavy atom. The summed E-state index contributed by atoms with van der Waals surface area (Å²) in [7, 11) is 0. The zero-order chi connectivity index (χ0) is 9.14. The van der Waals surface area contributed by atoms with E-state index in [0.717, 1.165) is 0 Å². The van der Waals surface area contributed by atoms with E-state index in [2.05, 4.69) is 15.9 Å². The first-order valence-electron chi connectivity index (χ1n) is 3.41. The molecule has 0 bridgehead atoms. The fourth-order valence-electron chi connectivity index (χ4n) is 0.881. The summed E-state index contributed by atoms with van der Waals surface area (Å²) in [6.07, 6.45) is -2.52. The molecule has 0 radical (unpaired) electrons. The third-order valence-corrected chi connectivity index (χ3v) is 2.26. The number of nitrogens with two attached hydrogens (primary N) is 1. The molecule has 1 aromatic rings. The van der Waals surface area contributed by atoms with E-state index in [-0.39, 0.29) is 0 Å². The van der Waals surface area contributed by atoms with Gasteiger partial charge >= 0.3 is 0 Å². The van der Waals surface area contributed by atoms with Gasteiger partial charge in [0, 0.05) is 4.47 Å². The molecule has 1 rings (SSSR count). The third kappa shape index (κ3) is 2.01. The highest BCUT2D eigenvalue weighted by molar-refractivity contribution is 9.10. The SMILES string of the molecule is NC(c1ccccc1Br)C(F)F. The maximum Gasteiger partial charge on any atom is 0.257 e. The highest BCUT2D eigenvalue weighted by Gasteiger charge is 2.18. The molecule has 0 aromatic heterocycles. The Bertz CT molecular complexity index is 265. The van der Waals surface area contributed by atoms with E-state index in [1.807, 2.05) is 0 Å². The molecule has 2 N–H and O–H groups in total. The van der Waals surface area contributed by atoms with Gasteiger partial charge in [0.1, 0.15) is 0 Å². The molecule has 1 atom stereocenters. The molecular weight excluding hydrogens is 228 g/mol. The molecule has 66 valence electrons. The zero-order valence-corrected chi connectivity index (χ0v) is 7.76. The van der Waals surface area contributed by atoms with Gasteiger partial charge in [-0.15, -0.1) is 0 Å².